The van der Waals surface area contributed by atoms with Crippen LogP contribution in [0.1, 0.15) is 76.0 Å². The topological polar surface area (TPSA) is 76.8 Å². The summed E-state index contributed by atoms with van der Waals surface area (Å²) in [4.78, 5) is 1.21. The number of benzene rings is 1. The Balaban J connectivity index is 0.00000400. The standard InChI is InChI=1S/C15H26N2O2S.ClH/c1-9(2)12-7-13(10(3)4)15(20(18,19)17-16)14(8-12)11(5)6;/h7-11,17H,16H2,1-6H3;1H. The number of primary sulfonamides is 1. The van der Waals surface area contributed by atoms with E-state index in [1.54, 1.807) is 0 Å². The van der Waals surface area contributed by atoms with Crippen LogP contribution in [-0.2, 0) is 10.0 Å². The molecule has 1 aromatic carbocycles. The van der Waals surface area contributed by atoms with Crippen molar-refractivity contribution in [1.82, 2.24) is 0 Å². The Bertz CT molecular complexity index is 552. The van der Waals surface area contributed by atoms with Crippen LogP contribution < -0.4 is 23.1 Å². The summed E-state index contributed by atoms with van der Waals surface area (Å²) in [5.41, 5.74) is 2.90. The lowest BCUT2D eigenvalue weighted by Crippen LogP contribution is -3.00. The van der Waals surface area contributed by atoms with Crippen LogP contribution in [0.3, 0.4) is 0 Å². The van der Waals surface area contributed by atoms with Crippen LogP contribution in [0.25, 0.3) is 0 Å². The first-order chi connectivity index (χ1) is 9.11. The average molecular weight is 335 g/mol. The maximum atomic E-state index is 12.4. The van der Waals surface area contributed by atoms with Crippen molar-refractivity contribution in [1.29, 1.82) is 0 Å². The summed E-state index contributed by atoms with van der Waals surface area (Å²) in [5.74, 6) is 6.00. The molecule has 4 N–H and O–H groups in total. The van der Waals surface area contributed by atoms with Gasteiger partial charge in [-0.05, 0) is 34.4 Å². The smallest absolute Gasteiger partial charge is 0.342 e. The predicted molar refractivity (Wildman–Crippen MR) is 82.0 cm³/mol. The van der Waals surface area contributed by atoms with Gasteiger partial charge in [-0.3, -0.25) is 0 Å². The van der Waals surface area contributed by atoms with Crippen molar-refractivity contribution in [2.24, 2.45) is 5.84 Å². The fourth-order valence-electron chi connectivity index (χ4n) is 2.29. The molecule has 21 heavy (non-hydrogen) atoms. The van der Waals surface area contributed by atoms with Crippen molar-refractivity contribution < 1.29 is 25.7 Å². The van der Waals surface area contributed by atoms with E-state index in [4.69, 9.17) is 5.84 Å². The molecule has 0 spiro atoms. The molecule has 0 bridgehead atoms. The molecule has 0 atom stereocenters. The van der Waals surface area contributed by atoms with E-state index < -0.39 is 10.0 Å². The fraction of sp³-hybridized carbons (Fsp3) is 0.600. The van der Waals surface area contributed by atoms with Crippen LogP contribution in [0.2, 0.25) is 0 Å². The van der Waals surface area contributed by atoms with Gasteiger partial charge in [0.25, 0.3) is 0 Å². The predicted octanol–water partition coefficient (Wildman–Crippen LogP) is -0.813. The molecule has 1 aromatic rings. The van der Waals surface area contributed by atoms with Gasteiger partial charge >= 0.3 is 10.0 Å². The Morgan fingerprint density at radius 2 is 1.29 bits per heavy atom. The summed E-state index contributed by atoms with van der Waals surface area (Å²) in [6, 6.07) is 4.02. The zero-order chi connectivity index (χ0) is 15.7. The van der Waals surface area contributed by atoms with Crippen molar-refractivity contribution in [3.8, 4) is 0 Å². The van der Waals surface area contributed by atoms with Gasteiger partial charge in [-0.2, -0.15) is 19.1 Å². The molecule has 0 unspecified atom stereocenters. The largest absolute Gasteiger partial charge is 1.00 e. The number of halogens is 1. The molecular formula is C15H27ClN2O2S. The van der Waals surface area contributed by atoms with Crippen LogP contribution in [0.4, 0.5) is 0 Å². The number of nitrogens with two attached hydrogens (primary N) is 2. The highest BCUT2D eigenvalue weighted by molar-refractivity contribution is 7.84. The van der Waals surface area contributed by atoms with Gasteiger partial charge in [0.15, 0.2) is 0 Å². The highest BCUT2D eigenvalue weighted by Crippen LogP contribution is 2.33. The summed E-state index contributed by atoms with van der Waals surface area (Å²) >= 11 is 0. The Morgan fingerprint density at radius 1 is 0.905 bits per heavy atom. The molecule has 0 aliphatic carbocycles. The maximum Gasteiger partial charge on any atom is 0.342 e. The second kappa shape index (κ2) is 7.58. The minimum atomic E-state index is -3.54. The first-order valence-corrected chi connectivity index (χ1v) is 8.64. The first-order valence-electron chi connectivity index (χ1n) is 7.09. The maximum absolute atomic E-state index is 12.4. The summed E-state index contributed by atoms with van der Waals surface area (Å²) in [5, 5.41) is 0. The number of rotatable bonds is 5. The van der Waals surface area contributed by atoms with Gasteiger partial charge in [0.1, 0.15) is 4.90 Å². The van der Waals surface area contributed by atoms with Gasteiger partial charge in [0.2, 0.25) is 0 Å². The Hall–Kier alpha value is -0.620. The normalized spacial score (nSPS) is 12.1. The molecule has 0 amide bonds. The number of quaternary nitrogens is 1. The number of hydrogen-bond acceptors (Lipinski definition) is 3. The van der Waals surface area contributed by atoms with Crippen LogP contribution in [0.5, 0.6) is 0 Å². The molecule has 0 saturated heterocycles. The second-order valence-electron chi connectivity index (χ2n) is 6.17. The highest BCUT2D eigenvalue weighted by Gasteiger charge is 2.28. The second-order valence-corrected chi connectivity index (χ2v) is 7.94. The quantitative estimate of drug-likeness (QED) is 0.546. The van der Waals surface area contributed by atoms with Crippen LogP contribution in [-0.4, -0.2) is 8.42 Å². The van der Waals surface area contributed by atoms with Crippen molar-refractivity contribution in [3.63, 3.8) is 0 Å². The third kappa shape index (κ3) is 4.42. The Labute approximate surface area is 134 Å². The lowest BCUT2D eigenvalue weighted by Gasteiger charge is -2.20. The van der Waals surface area contributed by atoms with Gasteiger partial charge in [0, 0.05) is 0 Å². The third-order valence-electron chi connectivity index (χ3n) is 3.54. The molecule has 0 aromatic heterocycles. The summed E-state index contributed by atoms with van der Waals surface area (Å²) in [7, 11) is -3.54. The molecule has 0 heterocycles. The molecule has 4 nitrogen and oxygen atoms in total. The minimum Gasteiger partial charge on any atom is -1.00 e. The van der Waals surface area contributed by atoms with Crippen LogP contribution >= 0.6 is 0 Å². The van der Waals surface area contributed by atoms with Gasteiger partial charge in [0.05, 0.1) is 0 Å². The molecule has 0 saturated carbocycles. The molecular weight excluding hydrogens is 308 g/mol. The summed E-state index contributed by atoms with van der Waals surface area (Å²) in [6.07, 6.45) is 0. The summed E-state index contributed by atoms with van der Waals surface area (Å²) < 4.78 is 24.7. The molecule has 0 aliphatic rings. The molecule has 6 heteroatoms. The van der Waals surface area contributed by atoms with Crippen molar-refractivity contribution >= 4 is 10.0 Å². The van der Waals surface area contributed by atoms with Crippen LogP contribution in [0, 0.1) is 0 Å². The Morgan fingerprint density at radius 3 is 1.52 bits per heavy atom. The third-order valence-corrected chi connectivity index (χ3v) is 4.94. The van der Waals surface area contributed by atoms with E-state index in [0.29, 0.717) is 10.8 Å². The van der Waals surface area contributed by atoms with E-state index in [-0.39, 0.29) is 24.2 Å². The molecule has 0 fully saturated rings. The van der Waals surface area contributed by atoms with Crippen molar-refractivity contribution in [2.75, 3.05) is 0 Å². The molecule has 1 rings (SSSR count). The number of hydrogen-bond donors (Lipinski definition) is 2. The van der Waals surface area contributed by atoms with E-state index in [2.05, 4.69) is 13.8 Å². The molecule has 0 radical (unpaired) electrons. The van der Waals surface area contributed by atoms with Crippen molar-refractivity contribution in [3.05, 3.63) is 28.8 Å². The van der Waals surface area contributed by atoms with Gasteiger partial charge in [-0.1, -0.05) is 53.7 Å². The molecule has 0 aliphatic heterocycles. The van der Waals surface area contributed by atoms with Crippen LogP contribution in [0.15, 0.2) is 17.0 Å². The summed E-state index contributed by atoms with van der Waals surface area (Å²) in [6.45, 7) is 12.3. The average Bonchev–Trinajstić information content (AvgIpc) is 2.36. The van der Waals surface area contributed by atoms with E-state index in [1.165, 1.54) is 5.56 Å². The first kappa shape index (κ1) is 20.4. The van der Waals surface area contributed by atoms with E-state index in [1.807, 2.05) is 39.8 Å². The zero-order valence-electron chi connectivity index (χ0n) is 13.6. The van der Waals surface area contributed by atoms with Crippen molar-refractivity contribution in [2.45, 2.75) is 64.2 Å². The highest BCUT2D eigenvalue weighted by atomic mass is 35.5. The molecule has 122 valence electrons. The van der Waals surface area contributed by atoms with E-state index in [0.717, 1.165) is 16.0 Å². The minimum absolute atomic E-state index is 0. The fourth-order valence-corrected chi connectivity index (χ4v) is 3.67. The van der Waals surface area contributed by atoms with Gasteiger partial charge in [-0.25, -0.2) is 0 Å². The Kier molecular flexibility index (Phi) is 7.36. The zero-order valence-corrected chi connectivity index (χ0v) is 15.2. The number of sulfonamides is 1. The SMILES string of the molecule is CC(C)c1cc(C(C)C)c(S(=O)(=O)[NH2+]N)c(C(C)C)c1.[Cl-]. The van der Waals surface area contributed by atoms with Gasteiger partial charge in [-0.15, -0.1) is 0 Å². The lowest BCUT2D eigenvalue weighted by molar-refractivity contribution is -0.509. The monoisotopic (exact) mass is 334 g/mol. The lowest BCUT2D eigenvalue weighted by atomic mass is 9.89. The van der Waals surface area contributed by atoms with E-state index in [9.17, 15) is 8.42 Å². The van der Waals surface area contributed by atoms with Gasteiger partial charge < -0.3 is 12.4 Å². The van der Waals surface area contributed by atoms with E-state index >= 15 is 0 Å².